The second-order valence-electron chi connectivity index (χ2n) is 7.08. The number of benzene rings is 1. The number of amides is 1. The van der Waals surface area contributed by atoms with E-state index in [4.69, 9.17) is 0 Å². The summed E-state index contributed by atoms with van der Waals surface area (Å²) in [5, 5.41) is 10.0. The van der Waals surface area contributed by atoms with Crippen molar-refractivity contribution in [2.24, 2.45) is 11.8 Å². The lowest BCUT2D eigenvalue weighted by Crippen LogP contribution is -2.39. The van der Waals surface area contributed by atoms with Crippen molar-refractivity contribution in [3.63, 3.8) is 0 Å². The molecule has 0 aromatic heterocycles. The van der Waals surface area contributed by atoms with Crippen LogP contribution in [0.1, 0.15) is 50.0 Å². The summed E-state index contributed by atoms with van der Waals surface area (Å²) in [6.07, 6.45) is 6.05. The quantitative estimate of drug-likeness (QED) is 0.907. The highest BCUT2D eigenvalue weighted by molar-refractivity contribution is 5.78. The first kappa shape index (κ1) is 15.5. The van der Waals surface area contributed by atoms with Crippen LogP contribution in [0.5, 0.6) is 0 Å². The van der Waals surface area contributed by atoms with Crippen LogP contribution in [0.15, 0.2) is 30.3 Å². The van der Waals surface area contributed by atoms with E-state index in [-0.39, 0.29) is 17.9 Å². The summed E-state index contributed by atoms with van der Waals surface area (Å²) >= 11 is 0. The Morgan fingerprint density at radius 2 is 1.77 bits per heavy atom. The first-order chi connectivity index (χ1) is 10.6. The van der Waals surface area contributed by atoms with E-state index in [2.05, 4.69) is 30.3 Å². The summed E-state index contributed by atoms with van der Waals surface area (Å²) in [5.74, 6) is 1.42. The molecule has 0 saturated heterocycles. The van der Waals surface area contributed by atoms with Gasteiger partial charge in [-0.2, -0.15) is 0 Å². The summed E-state index contributed by atoms with van der Waals surface area (Å²) in [4.78, 5) is 14.3. The summed E-state index contributed by atoms with van der Waals surface area (Å²) in [7, 11) is 1.84. The van der Waals surface area contributed by atoms with Crippen molar-refractivity contribution in [1.82, 2.24) is 4.90 Å². The van der Waals surface area contributed by atoms with Crippen LogP contribution in [0.3, 0.4) is 0 Å². The van der Waals surface area contributed by atoms with Gasteiger partial charge in [0.15, 0.2) is 0 Å². The predicted octanol–water partition coefficient (Wildman–Crippen LogP) is 3.19. The summed E-state index contributed by atoms with van der Waals surface area (Å²) in [5.41, 5.74) is 1.41. The van der Waals surface area contributed by atoms with E-state index in [1.807, 2.05) is 7.05 Å². The van der Waals surface area contributed by atoms with Crippen molar-refractivity contribution >= 4 is 5.91 Å². The average molecular weight is 301 g/mol. The van der Waals surface area contributed by atoms with Crippen LogP contribution in [0.4, 0.5) is 0 Å². The SMILES string of the molecule is CN(CC(O)C1CC1)C(=O)C1CCC(c2ccccc2)CC1. The lowest BCUT2D eigenvalue weighted by molar-refractivity contribution is -0.136. The Bertz CT molecular complexity index is 489. The molecule has 22 heavy (non-hydrogen) atoms. The maximum Gasteiger partial charge on any atom is 0.225 e. The molecule has 3 nitrogen and oxygen atoms in total. The molecule has 0 heterocycles. The van der Waals surface area contributed by atoms with E-state index >= 15 is 0 Å². The van der Waals surface area contributed by atoms with Gasteiger partial charge >= 0.3 is 0 Å². The molecule has 0 radical (unpaired) electrons. The molecule has 1 atom stereocenters. The van der Waals surface area contributed by atoms with Gasteiger partial charge in [0.2, 0.25) is 5.91 Å². The third-order valence-electron chi connectivity index (χ3n) is 5.35. The number of likely N-dealkylation sites (N-methyl/N-ethyl adjacent to an activating group) is 1. The van der Waals surface area contributed by atoms with Gasteiger partial charge < -0.3 is 10.0 Å². The Kier molecular flexibility index (Phi) is 4.82. The highest BCUT2D eigenvalue weighted by Crippen LogP contribution is 2.37. The number of hydrogen-bond acceptors (Lipinski definition) is 2. The Balaban J connectivity index is 1.49. The molecule has 2 aliphatic rings. The molecule has 1 N–H and O–H groups in total. The standard InChI is InChI=1S/C19H27NO2/c1-20(13-18(21)16-9-10-16)19(22)17-11-7-15(8-12-17)14-5-3-2-4-6-14/h2-6,15-18,21H,7-13H2,1H3. The molecule has 0 spiro atoms. The molecule has 2 fully saturated rings. The molecule has 3 rings (SSSR count). The van der Waals surface area contributed by atoms with Crippen molar-refractivity contribution in [3.8, 4) is 0 Å². The fraction of sp³-hybridized carbons (Fsp3) is 0.632. The maximum atomic E-state index is 12.5. The summed E-state index contributed by atoms with van der Waals surface area (Å²) < 4.78 is 0. The van der Waals surface area contributed by atoms with Gasteiger partial charge in [0.1, 0.15) is 0 Å². The zero-order valence-corrected chi connectivity index (χ0v) is 13.4. The Morgan fingerprint density at radius 1 is 1.14 bits per heavy atom. The number of aliphatic hydroxyl groups excluding tert-OH is 1. The van der Waals surface area contributed by atoms with Crippen molar-refractivity contribution < 1.29 is 9.90 Å². The van der Waals surface area contributed by atoms with Gasteiger partial charge in [-0.3, -0.25) is 4.79 Å². The van der Waals surface area contributed by atoms with E-state index in [1.54, 1.807) is 4.90 Å². The van der Waals surface area contributed by atoms with Gasteiger partial charge in [-0.15, -0.1) is 0 Å². The fourth-order valence-electron chi connectivity index (χ4n) is 3.71. The van der Waals surface area contributed by atoms with Crippen LogP contribution in [0.25, 0.3) is 0 Å². The Hall–Kier alpha value is -1.35. The van der Waals surface area contributed by atoms with Gasteiger partial charge in [-0.1, -0.05) is 30.3 Å². The Morgan fingerprint density at radius 3 is 2.36 bits per heavy atom. The topological polar surface area (TPSA) is 40.5 Å². The third kappa shape index (κ3) is 3.70. The van der Waals surface area contributed by atoms with Crippen LogP contribution in [0, 0.1) is 11.8 Å². The van der Waals surface area contributed by atoms with E-state index in [0.29, 0.717) is 18.4 Å². The first-order valence-electron chi connectivity index (χ1n) is 8.63. The van der Waals surface area contributed by atoms with E-state index < -0.39 is 0 Å². The third-order valence-corrected chi connectivity index (χ3v) is 5.35. The molecule has 3 heteroatoms. The summed E-state index contributed by atoms with van der Waals surface area (Å²) in [6.45, 7) is 0.502. The second kappa shape index (κ2) is 6.82. The molecule has 1 amide bonds. The van der Waals surface area contributed by atoms with Crippen molar-refractivity contribution in [2.75, 3.05) is 13.6 Å². The van der Waals surface area contributed by atoms with Crippen LogP contribution >= 0.6 is 0 Å². The van der Waals surface area contributed by atoms with Gasteiger partial charge in [0, 0.05) is 19.5 Å². The number of rotatable bonds is 5. The molecular formula is C19H27NO2. The lowest BCUT2D eigenvalue weighted by Gasteiger charge is -2.31. The minimum atomic E-state index is -0.324. The minimum absolute atomic E-state index is 0.149. The van der Waals surface area contributed by atoms with Crippen molar-refractivity contribution in [3.05, 3.63) is 35.9 Å². The smallest absolute Gasteiger partial charge is 0.225 e. The zero-order valence-electron chi connectivity index (χ0n) is 13.4. The molecule has 1 aromatic rings. The minimum Gasteiger partial charge on any atom is -0.391 e. The van der Waals surface area contributed by atoms with Gasteiger partial charge in [-0.05, 0) is 55.9 Å². The molecule has 120 valence electrons. The van der Waals surface area contributed by atoms with Crippen LogP contribution in [-0.2, 0) is 4.79 Å². The van der Waals surface area contributed by atoms with E-state index in [9.17, 15) is 9.90 Å². The molecular weight excluding hydrogens is 274 g/mol. The first-order valence-corrected chi connectivity index (χ1v) is 8.63. The largest absolute Gasteiger partial charge is 0.391 e. The molecule has 1 unspecified atom stereocenters. The fourth-order valence-corrected chi connectivity index (χ4v) is 3.71. The highest BCUT2D eigenvalue weighted by atomic mass is 16.3. The summed E-state index contributed by atoms with van der Waals surface area (Å²) in [6, 6.07) is 10.6. The normalized spacial score (nSPS) is 26.5. The van der Waals surface area contributed by atoms with Crippen LogP contribution in [-0.4, -0.2) is 35.6 Å². The van der Waals surface area contributed by atoms with Gasteiger partial charge in [0.05, 0.1) is 6.10 Å². The predicted molar refractivity (Wildman–Crippen MR) is 87.5 cm³/mol. The Labute approximate surface area is 133 Å². The van der Waals surface area contributed by atoms with Crippen molar-refractivity contribution in [2.45, 2.75) is 50.5 Å². The molecule has 0 aliphatic heterocycles. The van der Waals surface area contributed by atoms with Crippen LogP contribution < -0.4 is 0 Å². The van der Waals surface area contributed by atoms with Crippen molar-refractivity contribution in [1.29, 1.82) is 0 Å². The van der Waals surface area contributed by atoms with Gasteiger partial charge in [0.25, 0.3) is 0 Å². The molecule has 0 bridgehead atoms. The number of hydrogen-bond donors (Lipinski definition) is 1. The van der Waals surface area contributed by atoms with E-state index in [1.165, 1.54) is 5.56 Å². The average Bonchev–Trinajstić information content (AvgIpc) is 3.40. The molecule has 2 aliphatic carbocycles. The van der Waals surface area contributed by atoms with Crippen LogP contribution in [0.2, 0.25) is 0 Å². The number of aliphatic hydroxyl groups is 1. The monoisotopic (exact) mass is 301 g/mol. The second-order valence-corrected chi connectivity index (χ2v) is 7.08. The number of carbonyl (C=O) groups excluding carboxylic acids is 1. The van der Waals surface area contributed by atoms with E-state index in [0.717, 1.165) is 38.5 Å². The van der Waals surface area contributed by atoms with Gasteiger partial charge in [-0.25, -0.2) is 0 Å². The maximum absolute atomic E-state index is 12.5. The zero-order chi connectivity index (χ0) is 15.5. The highest BCUT2D eigenvalue weighted by Gasteiger charge is 2.33. The molecule has 1 aromatic carbocycles. The molecule has 2 saturated carbocycles. The lowest BCUT2D eigenvalue weighted by atomic mass is 9.78. The number of nitrogens with zero attached hydrogens (tertiary/aromatic N) is 1. The number of carbonyl (C=O) groups is 1.